The van der Waals surface area contributed by atoms with Gasteiger partial charge in [0.1, 0.15) is 0 Å². The molecule has 1 saturated heterocycles. The summed E-state index contributed by atoms with van der Waals surface area (Å²) in [5, 5.41) is 3.56. The van der Waals surface area contributed by atoms with Crippen molar-refractivity contribution < 1.29 is 9.21 Å². The Morgan fingerprint density at radius 2 is 2.42 bits per heavy atom. The standard InChI is InChI=1S/C14H21ClN2O2/c1-10(2)17(9-11-4-3-6-16-8-11)14(18)12-5-7-19-13(12)15/h5,7,10-11,16H,3-4,6,8-9H2,1-2H3. The van der Waals surface area contributed by atoms with E-state index in [0.29, 0.717) is 11.5 Å². The van der Waals surface area contributed by atoms with Crippen molar-refractivity contribution in [2.24, 2.45) is 5.92 Å². The number of furan rings is 1. The Hall–Kier alpha value is -1.00. The molecule has 1 aliphatic rings. The molecule has 1 amide bonds. The maximum atomic E-state index is 12.5. The Morgan fingerprint density at radius 3 is 2.95 bits per heavy atom. The van der Waals surface area contributed by atoms with Gasteiger partial charge < -0.3 is 14.6 Å². The molecule has 19 heavy (non-hydrogen) atoms. The van der Waals surface area contributed by atoms with E-state index in [1.54, 1.807) is 6.07 Å². The number of carbonyl (C=O) groups excluding carboxylic acids is 1. The van der Waals surface area contributed by atoms with E-state index < -0.39 is 0 Å². The van der Waals surface area contributed by atoms with Crippen molar-refractivity contribution in [2.75, 3.05) is 19.6 Å². The summed E-state index contributed by atoms with van der Waals surface area (Å²) in [6.45, 7) is 6.89. The molecule has 0 radical (unpaired) electrons. The number of hydrogen-bond acceptors (Lipinski definition) is 3. The van der Waals surface area contributed by atoms with Crippen LogP contribution in [-0.4, -0.2) is 36.5 Å². The average molecular weight is 285 g/mol. The van der Waals surface area contributed by atoms with E-state index in [1.807, 2.05) is 18.7 Å². The summed E-state index contributed by atoms with van der Waals surface area (Å²) in [5.41, 5.74) is 0.458. The predicted octanol–water partition coefficient (Wildman–Crippen LogP) is 2.78. The molecule has 1 fully saturated rings. The minimum absolute atomic E-state index is 0.0423. The topological polar surface area (TPSA) is 45.5 Å². The second kappa shape index (κ2) is 6.44. The highest BCUT2D eigenvalue weighted by molar-refractivity contribution is 6.32. The highest BCUT2D eigenvalue weighted by Gasteiger charge is 2.26. The molecule has 1 atom stereocenters. The fourth-order valence-corrected chi connectivity index (χ4v) is 2.68. The first kappa shape index (κ1) is 14.4. The zero-order valence-electron chi connectivity index (χ0n) is 11.5. The van der Waals surface area contributed by atoms with Gasteiger partial charge in [-0.3, -0.25) is 4.79 Å². The second-order valence-electron chi connectivity index (χ2n) is 5.37. The Balaban J connectivity index is 2.07. The number of rotatable bonds is 4. The summed E-state index contributed by atoms with van der Waals surface area (Å²) in [5.74, 6) is 0.477. The van der Waals surface area contributed by atoms with Crippen molar-refractivity contribution in [3.63, 3.8) is 0 Å². The molecule has 1 aliphatic heterocycles. The SMILES string of the molecule is CC(C)N(CC1CCCNC1)C(=O)c1ccoc1Cl. The van der Waals surface area contributed by atoms with Gasteiger partial charge in [0.2, 0.25) is 5.22 Å². The van der Waals surface area contributed by atoms with Gasteiger partial charge >= 0.3 is 0 Å². The molecule has 1 aromatic heterocycles. The van der Waals surface area contributed by atoms with E-state index in [1.165, 1.54) is 19.1 Å². The first-order chi connectivity index (χ1) is 9.09. The predicted molar refractivity (Wildman–Crippen MR) is 75.5 cm³/mol. The first-order valence-corrected chi connectivity index (χ1v) is 7.22. The highest BCUT2D eigenvalue weighted by atomic mass is 35.5. The van der Waals surface area contributed by atoms with Crippen LogP contribution in [0, 0.1) is 5.92 Å². The van der Waals surface area contributed by atoms with Crippen LogP contribution in [0.3, 0.4) is 0 Å². The van der Waals surface area contributed by atoms with Crippen molar-refractivity contribution in [1.82, 2.24) is 10.2 Å². The number of amides is 1. The lowest BCUT2D eigenvalue weighted by atomic mass is 9.98. The van der Waals surface area contributed by atoms with Crippen LogP contribution in [0.1, 0.15) is 37.0 Å². The lowest BCUT2D eigenvalue weighted by Crippen LogP contribution is -2.44. The van der Waals surface area contributed by atoms with Gasteiger partial charge in [0, 0.05) is 12.6 Å². The molecular weight excluding hydrogens is 264 g/mol. The van der Waals surface area contributed by atoms with Gasteiger partial charge in [0.25, 0.3) is 5.91 Å². The number of halogens is 1. The van der Waals surface area contributed by atoms with E-state index >= 15 is 0 Å². The number of carbonyl (C=O) groups is 1. The first-order valence-electron chi connectivity index (χ1n) is 6.84. The minimum Gasteiger partial charge on any atom is -0.452 e. The van der Waals surface area contributed by atoms with Crippen LogP contribution in [-0.2, 0) is 0 Å². The van der Waals surface area contributed by atoms with Crippen molar-refractivity contribution in [2.45, 2.75) is 32.7 Å². The van der Waals surface area contributed by atoms with Gasteiger partial charge in [-0.25, -0.2) is 0 Å². The number of hydrogen-bond donors (Lipinski definition) is 1. The highest BCUT2D eigenvalue weighted by Crippen LogP contribution is 2.21. The van der Waals surface area contributed by atoms with Gasteiger partial charge in [-0.05, 0) is 63.4 Å². The Kier molecular flexibility index (Phi) is 4.88. The number of nitrogens with one attached hydrogen (secondary N) is 1. The van der Waals surface area contributed by atoms with Crippen LogP contribution in [0.5, 0.6) is 0 Å². The molecule has 5 heteroatoms. The summed E-state index contributed by atoms with van der Waals surface area (Å²) in [4.78, 5) is 14.4. The lowest BCUT2D eigenvalue weighted by Gasteiger charge is -2.32. The Labute approximate surface area is 119 Å². The zero-order chi connectivity index (χ0) is 13.8. The molecule has 2 heterocycles. The molecule has 0 bridgehead atoms. The summed E-state index contributed by atoms with van der Waals surface area (Å²) in [7, 11) is 0. The van der Waals surface area contributed by atoms with Gasteiger partial charge in [-0.1, -0.05) is 0 Å². The largest absolute Gasteiger partial charge is 0.452 e. The fourth-order valence-electron chi connectivity index (χ4n) is 2.49. The van der Waals surface area contributed by atoms with E-state index in [9.17, 15) is 4.79 Å². The van der Waals surface area contributed by atoms with Crippen LogP contribution >= 0.6 is 11.6 Å². The normalized spacial score (nSPS) is 19.7. The molecule has 106 valence electrons. The van der Waals surface area contributed by atoms with Crippen molar-refractivity contribution in [3.8, 4) is 0 Å². The van der Waals surface area contributed by atoms with E-state index in [0.717, 1.165) is 19.6 Å². The molecule has 0 saturated carbocycles. The number of nitrogens with zero attached hydrogens (tertiary/aromatic N) is 1. The van der Waals surface area contributed by atoms with E-state index in [4.69, 9.17) is 16.0 Å². The fraction of sp³-hybridized carbons (Fsp3) is 0.643. The van der Waals surface area contributed by atoms with Gasteiger partial charge in [0.05, 0.1) is 11.8 Å². The number of piperidine rings is 1. The second-order valence-corrected chi connectivity index (χ2v) is 5.71. The van der Waals surface area contributed by atoms with E-state index in [-0.39, 0.29) is 17.2 Å². The molecule has 0 spiro atoms. The van der Waals surface area contributed by atoms with Crippen molar-refractivity contribution in [3.05, 3.63) is 23.1 Å². The minimum atomic E-state index is -0.0423. The van der Waals surface area contributed by atoms with Crippen molar-refractivity contribution in [1.29, 1.82) is 0 Å². The van der Waals surface area contributed by atoms with E-state index in [2.05, 4.69) is 5.32 Å². The maximum absolute atomic E-state index is 12.5. The molecule has 0 aliphatic carbocycles. The third kappa shape index (κ3) is 3.51. The zero-order valence-corrected chi connectivity index (χ0v) is 12.2. The van der Waals surface area contributed by atoms with Crippen LogP contribution in [0.2, 0.25) is 5.22 Å². The summed E-state index contributed by atoms with van der Waals surface area (Å²) >= 11 is 5.90. The smallest absolute Gasteiger partial charge is 0.258 e. The van der Waals surface area contributed by atoms with Gasteiger partial charge in [-0.15, -0.1) is 0 Å². The van der Waals surface area contributed by atoms with Crippen LogP contribution in [0.25, 0.3) is 0 Å². The van der Waals surface area contributed by atoms with Crippen molar-refractivity contribution >= 4 is 17.5 Å². The van der Waals surface area contributed by atoms with Gasteiger partial charge in [0.15, 0.2) is 0 Å². The van der Waals surface area contributed by atoms with Crippen LogP contribution < -0.4 is 5.32 Å². The third-order valence-corrected chi connectivity index (χ3v) is 3.88. The molecule has 2 rings (SSSR count). The molecular formula is C14H21ClN2O2. The molecule has 1 aromatic rings. The monoisotopic (exact) mass is 284 g/mol. The third-order valence-electron chi connectivity index (χ3n) is 3.59. The summed E-state index contributed by atoms with van der Waals surface area (Å²) in [6.07, 6.45) is 3.80. The molecule has 1 N–H and O–H groups in total. The Morgan fingerprint density at radius 1 is 1.63 bits per heavy atom. The average Bonchev–Trinajstić information content (AvgIpc) is 2.82. The molecule has 0 aromatic carbocycles. The summed E-state index contributed by atoms with van der Waals surface area (Å²) in [6, 6.07) is 1.79. The maximum Gasteiger partial charge on any atom is 0.258 e. The van der Waals surface area contributed by atoms with Gasteiger partial charge in [-0.2, -0.15) is 0 Å². The van der Waals surface area contributed by atoms with Crippen LogP contribution in [0.15, 0.2) is 16.7 Å². The quantitative estimate of drug-likeness (QED) is 0.925. The van der Waals surface area contributed by atoms with Crippen LogP contribution in [0.4, 0.5) is 0 Å². The lowest BCUT2D eigenvalue weighted by molar-refractivity contribution is 0.0660. The summed E-state index contributed by atoms with van der Waals surface area (Å²) < 4.78 is 5.01. The molecule has 1 unspecified atom stereocenters. The molecule has 4 nitrogen and oxygen atoms in total. The Bertz CT molecular complexity index is 425.